The molecule has 2 heterocycles. The molecule has 2 aromatic rings. The topological polar surface area (TPSA) is 8.17 Å². The van der Waals surface area contributed by atoms with E-state index in [1.165, 1.54) is 43.1 Å². The highest BCUT2D eigenvalue weighted by Gasteiger charge is 2.23. The van der Waals surface area contributed by atoms with Crippen molar-refractivity contribution in [3.05, 3.63) is 36.5 Å². The SMILES string of the molecule is C[C@H]1CCC[C@H](C)N1CCCn1ccc2ccccc21. The number of benzene rings is 1. The Labute approximate surface area is 122 Å². The average molecular weight is 270 g/mol. The molecule has 2 heteroatoms. The lowest BCUT2D eigenvalue weighted by atomic mass is 9.97. The zero-order valence-corrected chi connectivity index (χ0v) is 12.8. The van der Waals surface area contributed by atoms with E-state index in [1.807, 2.05) is 0 Å². The third-order valence-corrected chi connectivity index (χ3v) is 4.87. The minimum Gasteiger partial charge on any atom is -0.347 e. The molecule has 1 aromatic carbocycles. The molecular weight excluding hydrogens is 244 g/mol. The largest absolute Gasteiger partial charge is 0.347 e. The normalized spacial score (nSPS) is 24.3. The van der Waals surface area contributed by atoms with Gasteiger partial charge in [-0.2, -0.15) is 0 Å². The number of aryl methyl sites for hydroxylation is 1. The van der Waals surface area contributed by atoms with Gasteiger partial charge in [0, 0.05) is 36.9 Å². The highest BCUT2D eigenvalue weighted by molar-refractivity contribution is 5.79. The summed E-state index contributed by atoms with van der Waals surface area (Å²) in [4.78, 5) is 2.70. The summed E-state index contributed by atoms with van der Waals surface area (Å²) in [5.41, 5.74) is 1.37. The van der Waals surface area contributed by atoms with Crippen LogP contribution in [0.15, 0.2) is 36.5 Å². The van der Waals surface area contributed by atoms with E-state index in [9.17, 15) is 0 Å². The van der Waals surface area contributed by atoms with Gasteiger partial charge in [0.1, 0.15) is 0 Å². The van der Waals surface area contributed by atoms with Crippen LogP contribution in [0.1, 0.15) is 39.5 Å². The van der Waals surface area contributed by atoms with Gasteiger partial charge in [0.05, 0.1) is 0 Å². The number of hydrogen-bond donors (Lipinski definition) is 0. The first kappa shape index (κ1) is 13.7. The van der Waals surface area contributed by atoms with Crippen LogP contribution in [0.25, 0.3) is 10.9 Å². The number of rotatable bonds is 4. The molecule has 108 valence electrons. The van der Waals surface area contributed by atoms with Crippen LogP contribution < -0.4 is 0 Å². The summed E-state index contributed by atoms with van der Waals surface area (Å²) in [6.45, 7) is 7.14. The fraction of sp³-hybridized carbons (Fsp3) is 0.556. The van der Waals surface area contributed by atoms with Crippen molar-refractivity contribution < 1.29 is 0 Å². The molecule has 2 nitrogen and oxygen atoms in total. The Morgan fingerprint density at radius 3 is 2.55 bits per heavy atom. The van der Waals surface area contributed by atoms with Crippen molar-refractivity contribution in [3.63, 3.8) is 0 Å². The van der Waals surface area contributed by atoms with Crippen molar-refractivity contribution in [2.24, 2.45) is 0 Å². The Morgan fingerprint density at radius 1 is 1.00 bits per heavy atom. The summed E-state index contributed by atoms with van der Waals surface area (Å²) in [5.74, 6) is 0. The summed E-state index contributed by atoms with van der Waals surface area (Å²) < 4.78 is 2.40. The van der Waals surface area contributed by atoms with Crippen LogP contribution in [0.4, 0.5) is 0 Å². The van der Waals surface area contributed by atoms with Gasteiger partial charge in [0.15, 0.2) is 0 Å². The molecule has 0 radical (unpaired) electrons. The van der Waals surface area contributed by atoms with Gasteiger partial charge in [0.25, 0.3) is 0 Å². The van der Waals surface area contributed by atoms with E-state index in [0.29, 0.717) is 0 Å². The second-order valence-electron chi connectivity index (χ2n) is 6.29. The lowest BCUT2D eigenvalue weighted by Crippen LogP contribution is -2.44. The molecule has 3 rings (SSSR count). The minimum atomic E-state index is 0.764. The highest BCUT2D eigenvalue weighted by Crippen LogP contribution is 2.23. The number of hydrogen-bond acceptors (Lipinski definition) is 1. The van der Waals surface area contributed by atoms with Crippen LogP contribution >= 0.6 is 0 Å². The summed E-state index contributed by atoms with van der Waals surface area (Å²) in [6, 6.07) is 12.4. The minimum absolute atomic E-state index is 0.764. The van der Waals surface area contributed by atoms with Crippen LogP contribution in [0.3, 0.4) is 0 Å². The molecular formula is C18H26N2. The van der Waals surface area contributed by atoms with E-state index >= 15 is 0 Å². The summed E-state index contributed by atoms with van der Waals surface area (Å²) in [7, 11) is 0. The molecule has 0 unspecified atom stereocenters. The van der Waals surface area contributed by atoms with Crippen LogP contribution in [0, 0.1) is 0 Å². The molecule has 0 bridgehead atoms. The van der Waals surface area contributed by atoms with Crippen molar-refractivity contribution in [2.75, 3.05) is 6.54 Å². The van der Waals surface area contributed by atoms with Crippen molar-refractivity contribution in [1.29, 1.82) is 0 Å². The van der Waals surface area contributed by atoms with Crippen molar-refractivity contribution in [3.8, 4) is 0 Å². The van der Waals surface area contributed by atoms with E-state index in [4.69, 9.17) is 0 Å². The predicted molar refractivity (Wildman–Crippen MR) is 86.0 cm³/mol. The van der Waals surface area contributed by atoms with Gasteiger partial charge in [-0.15, -0.1) is 0 Å². The Morgan fingerprint density at radius 2 is 1.75 bits per heavy atom. The van der Waals surface area contributed by atoms with E-state index in [0.717, 1.165) is 18.6 Å². The number of likely N-dealkylation sites (tertiary alicyclic amines) is 1. The van der Waals surface area contributed by atoms with Gasteiger partial charge in [-0.05, 0) is 50.6 Å². The standard InChI is InChI=1S/C18H26N2/c1-15-7-5-8-16(2)20(15)13-6-12-19-14-11-17-9-3-4-10-18(17)19/h3-4,9-11,14-16H,5-8,12-13H2,1-2H3/t15-,16-/m0/s1. The average Bonchev–Trinajstić information content (AvgIpc) is 2.86. The molecule has 0 saturated carbocycles. The fourth-order valence-corrected chi connectivity index (χ4v) is 3.67. The Kier molecular flexibility index (Phi) is 4.11. The van der Waals surface area contributed by atoms with Crippen LogP contribution in [0.5, 0.6) is 0 Å². The van der Waals surface area contributed by atoms with Crippen molar-refractivity contribution in [1.82, 2.24) is 9.47 Å². The third kappa shape index (κ3) is 2.76. The summed E-state index contributed by atoms with van der Waals surface area (Å²) >= 11 is 0. The van der Waals surface area contributed by atoms with Gasteiger partial charge in [0.2, 0.25) is 0 Å². The van der Waals surface area contributed by atoms with Gasteiger partial charge in [-0.1, -0.05) is 24.6 Å². The maximum absolute atomic E-state index is 2.70. The lowest BCUT2D eigenvalue weighted by molar-refractivity contribution is 0.101. The lowest BCUT2D eigenvalue weighted by Gasteiger charge is -2.39. The maximum atomic E-state index is 2.70. The van der Waals surface area contributed by atoms with E-state index in [2.05, 4.69) is 59.8 Å². The van der Waals surface area contributed by atoms with Gasteiger partial charge < -0.3 is 4.57 Å². The zero-order chi connectivity index (χ0) is 13.9. The smallest absolute Gasteiger partial charge is 0.0480 e. The molecule has 2 atom stereocenters. The first-order valence-corrected chi connectivity index (χ1v) is 8.05. The van der Waals surface area contributed by atoms with Gasteiger partial charge >= 0.3 is 0 Å². The Balaban J connectivity index is 1.59. The number of piperidine rings is 1. The highest BCUT2D eigenvalue weighted by atomic mass is 15.2. The second kappa shape index (κ2) is 6.01. The number of para-hydroxylation sites is 1. The summed E-state index contributed by atoms with van der Waals surface area (Å²) in [6.07, 6.45) is 7.62. The molecule has 1 aliphatic heterocycles. The van der Waals surface area contributed by atoms with E-state index in [1.54, 1.807) is 0 Å². The molecule has 20 heavy (non-hydrogen) atoms. The summed E-state index contributed by atoms with van der Waals surface area (Å²) in [5, 5.41) is 1.35. The predicted octanol–water partition coefficient (Wildman–Crippen LogP) is 4.29. The number of aromatic nitrogens is 1. The first-order valence-electron chi connectivity index (χ1n) is 8.05. The van der Waals surface area contributed by atoms with E-state index in [-0.39, 0.29) is 0 Å². The van der Waals surface area contributed by atoms with Crippen LogP contribution in [-0.4, -0.2) is 28.1 Å². The fourth-order valence-electron chi connectivity index (χ4n) is 3.67. The number of nitrogens with zero attached hydrogens (tertiary/aromatic N) is 2. The Bertz CT molecular complexity index is 547. The molecule has 0 spiro atoms. The first-order chi connectivity index (χ1) is 9.75. The van der Waals surface area contributed by atoms with Crippen LogP contribution in [0.2, 0.25) is 0 Å². The molecule has 0 amide bonds. The second-order valence-corrected chi connectivity index (χ2v) is 6.29. The zero-order valence-electron chi connectivity index (χ0n) is 12.8. The van der Waals surface area contributed by atoms with Crippen molar-refractivity contribution >= 4 is 10.9 Å². The molecule has 1 saturated heterocycles. The van der Waals surface area contributed by atoms with E-state index < -0.39 is 0 Å². The Hall–Kier alpha value is -1.28. The maximum Gasteiger partial charge on any atom is 0.0480 e. The molecule has 1 fully saturated rings. The van der Waals surface area contributed by atoms with Crippen molar-refractivity contribution in [2.45, 2.75) is 58.2 Å². The number of fused-ring (bicyclic) bond motifs is 1. The molecule has 1 aromatic heterocycles. The van der Waals surface area contributed by atoms with Gasteiger partial charge in [-0.25, -0.2) is 0 Å². The molecule has 0 N–H and O–H groups in total. The monoisotopic (exact) mass is 270 g/mol. The molecule has 0 aliphatic carbocycles. The quantitative estimate of drug-likeness (QED) is 0.804. The molecule has 1 aliphatic rings. The third-order valence-electron chi connectivity index (χ3n) is 4.87. The van der Waals surface area contributed by atoms with Crippen LogP contribution in [-0.2, 0) is 6.54 Å². The van der Waals surface area contributed by atoms with Gasteiger partial charge in [-0.3, -0.25) is 4.90 Å².